The van der Waals surface area contributed by atoms with Gasteiger partial charge in [0.15, 0.2) is 8.32 Å². The number of fused-ring (bicyclic) bond motifs is 3. The van der Waals surface area contributed by atoms with Crippen molar-refractivity contribution in [2.75, 3.05) is 6.61 Å². The Hall–Kier alpha value is -0.923. The fourth-order valence-electron chi connectivity index (χ4n) is 4.64. The van der Waals surface area contributed by atoms with Crippen LogP contribution in [0, 0.1) is 10.8 Å². The van der Waals surface area contributed by atoms with E-state index in [0.29, 0.717) is 12.8 Å². The van der Waals surface area contributed by atoms with Gasteiger partial charge >= 0.3 is 11.9 Å². The Morgan fingerprint density at radius 3 is 2.50 bits per heavy atom. The monoisotopic (exact) mass is 470 g/mol. The third kappa shape index (κ3) is 2.65. The standard InChI is InChI=1S/C21H31BrO5Si/c1-13(22)9-10-21-14(11-15(23)26-21)16(27-28(7,8)18(2,3)4)20(6)17(24)25-12-19(20,21)5/h11,16H,1,9-10,12H2,2-8H3/t16-,19+,20-,21+/m0/s1. The third-order valence-corrected chi connectivity index (χ3v) is 12.6. The van der Waals surface area contributed by atoms with Crippen molar-refractivity contribution in [2.45, 2.75) is 77.3 Å². The highest BCUT2D eigenvalue weighted by Gasteiger charge is 2.80. The summed E-state index contributed by atoms with van der Waals surface area (Å²) >= 11 is 3.42. The van der Waals surface area contributed by atoms with Crippen molar-refractivity contribution in [1.29, 1.82) is 0 Å². The number of hydrogen-bond donors (Lipinski definition) is 0. The molecule has 2 fully saturated rings. The predicted molar refractivity (Wildman–Crippen MR) is 113 cm³/mol. The summed E-state index contributed by atoms with van der Waals surface area (Å²) in [5.41, 5.74) is -1.75. The molecule has 28 heavy (non-hydrogen) atoms. The van der Waals surface area contributed by atoms with Crippen molar-refractivity contribution in [2.24, 2.45) is 10.8 Å². The second-order valence-electron chi connectivity index (χ2n) is 10.2. The molecule has 2 aliphatic heterocycles. The van der Waals surface area contributed by atoms with Crippen molar-refractivity contribution in [3.63, 3.8) is 0 Å². The minimum absolute atomic E-state index is 0.0400. The maximum absolute atomic E-state index is 13.0. The molecule has 3 aliphatic rings. The van der Waals surface area contributed by atoms with E-state index in [1.807, 2.05) is 13.8 Å². The highest BCUT2D eigenvalue weighted by Crippen LogP contribution is 2.69. The summed E-state index contributed by atoms with van der Waals surface area (Å²) in [6.07, 6.45) is 2.17. The molecule has 1 saturated carbocycles. The van der Waals surface area contributed by atoms with Crippen LogP contribution in [0.4, 0.5) is 0 Å². The number of halogens is 1. The number of ether oxygens (including phenoxy) is 2. The summed E-state index contributed by atoms with van der Waals surface area (Å²) in [5, 5.41) is -0.0400. The van der Waals surface area contributed by atoms with E-state index in [2.05, 4.69) is 56.4 Å². The van der Waals surface area contributed by atoms with E-state index in [1.54, 1.807) is 6.08 Å². The van der Waals surface area contributed by atoms with Crippen LogP contribution in [0.15, 0.2) is 22.7 Å². The van der Waals surface area contributed by atoms with Crippen LogP contribution in [-0.2, 0) is 23.5 Å². The SMILES string of the molecule is C=C(Br)CC[C@@]12OC(=O)C=C1[C@H](O[Si](C)(C)C(C)(C)C)[C@@]1(C)C(=O)OC[C@@]21C. The van der Waals surface area contributed by atoms with Crippen LogP contribution < -0.4 is 0 Å². The van der Waals surface area contributed by atoms with Crippen molar-refractivity contribution < 1.29 is 23.5 Å². The Kier molecular flexibility index (Phi) is 4.89. The lowest BCUT2D eigenvalue weighted by molar-refractivity contribution is -0.163. The van der Waals surface area contributed by atoms with E-state index >= 15 is 0 Å². The van der Waals surface area contributed by atoms with Crippen LogP contribution in [-0.4, -0.2) is 38.6 Å². The van der Waals surface area contributed by atoms with Crippen molar-refractivity contribution in [1.82, 2.24) is 0 Å². The fourth-order valence-corrected chi connectivity index (χ4v) is 6.14. The first kappa shape index (κ1) is 21.8. The molecule has 0 aromatic heterocycles. The van der Waals surface area contributed by atoms with Gasteiger partial charge in [0, 0.05) is 11.6 Å². The van der Waals surface area contributed by atoms with E-state index < -0.39 is 30.9 Å². The van der Waals surface area contributed by atoms with Gasteiger partial charge in [0.25, 0.3) is 0 Å². The summed E-state index contributed by atoms with van der Waals surface area (Å²) in [6, 6.07) is 0. The van der Waals surface area contributed by atoms with Crippen molar-refractivity contribution in [3.05, 3.63) is 22.7 Å². The molecule has 5 nitrogen and oxygen atoms in total. The largest absolute Gasteiger partial charge is 0.464 e. The molecule has 1 saturated heterocycles. The zero-order chi connectivity index (χ0) is 21.3. The van der Waals surface area contributed by atoms with E-state index in [9.17, 15) is 9.59 Å². The number of esters is 2. The first-order valence-corrected chi connectivity index (χ1v) is 13.5. The quantitative estimate of drug-likeness (QED) is 0.423. The minimum atomic E-state index is -2.24. The van der Waals surface area contributed by atoms with Gasteiger partial charge < -0.3 is 13.9 Å². The number of hydrogen-bond acceptors (Lipinski definition) is 5. The lowest BCUT2D eigenvalue weighted by Crippen LogP contribution is -2.53. The van der Waals surface area contributed by atoms with Crippen LogP contribution >= 0.6 is 15.9 Å². The summed E-state index contributed by atoms with van der Waals surface area (Å²) in [4.78, 5) is 25.5. The first-order chi connectivity index (χ1) is 12.6. The van der Waals surface area contributed by atoms with Crippen LogP contribution in [0.25, 0.3) is 0 Å². The molecule has 1 aliphatic carbocycles. The average molecular weight is 471 g/mol. The van der Waals surface area contributed by atoms with Gasteiger partial charge in [-0.1, -0.05) is 50.2 Å². The number of rotatable bonds is 5. The number of carbonyl (C=O) groups excluding carboxylic acids is 2. The van der Waals surface area contributed by atoms with Crippen molar-refractivity contribution >= 4 is 36.2 Å². The molecular formula is C21H31BrO5Si. The smallest absolute Gasteiger partial charge is 0.331 e. The molecule has 7 heteroatoms. The van der Waals surface area contributed by atoms with Gasteiger partial charge in [0.1, 0.15) is 17.6 Å². The highest BCUT2D eigenvalue weighted by atomic mass is 79.9. The lowest BCUT2D eigenvalue weighted by atomic mass is 9.63. The summed E-state index contributed by atoms with van der Waals surface area (Å²) in [7, 11) is -2.24. The topological polar surface area (TPSA) is 61.8 Å². The van der Waals surface area contributed by atoms with Gasteiger partial charge in [-0.25, -0.2) is 4.79 Å². The first-order valence-electron chi connectivity index (χ1n) is 9.76. The summed E-state index contributed by atoms with van der Waals surface area (Å²) in [6.45, 7) is 18.9. The normalized spacial score (nSPS) is 37.3. The Bertz CT molecular complexity index is 782. The summed E-state index contributed by atoms with van der Waals surface area (Å²) in [5.74, 6) is -0.649. The molecule has 0 aromatic carbocycles. The van der Waals surface area contributed by atoms with Crippen LogP contribution in [0.5, 0.6) is 0 Å². The summed E-state index contributed by atoms with van der Waals surface area (Å²) < 4.78 is 19.2. The van der Waals surface area contributed by atoms with E-state index in [1.165, 1.54) is 0 Å². The fraction of sp³-hybridized carbons (Fsp3) is 0.714. The Labute approximate surface area is 177 Å². The second kappa shape index (κ2) is 6.29. The van der Waals surface area contributed by atoms with E-state index in [0.717, 1.165) is 10.1 Å². The zero-order valence-electron chi connectivity index (χ0n) is 17.9. The zero-order valence-corrected chi connectivity index (χ0v) is 20.5. The Morgan fingerprint density at radius 2 is 1.96 bits per heavy atom. The van der Waals surface area contributed by atoms with Gasteiger partial charge in [-0.15, -0.1) is 0 Å². The van der Waals surface area contributed by atoms with Gasteiger partial charge in [-0.3, -0.25) is 4.79 Å². The highest BCUT2D eigenvalue weighted by molar-refractivity contribution is 9.11. The molecule has 3 rings (SSSR count). The molecule has 0 unspecified atom stereocenters. The van der Waals surface area contributed by atoms with E-state index in [-0.39, 0.29) is 23.6 Å². The minimum Gasteiger partial charge on any atom is -0.464 e. The van der Waals surface area contributed by atoms with Gasteiger partial charge in [-0.05, 0) is 42.4 Å². The molecule has 4 atom stereocenters. The third-order valence-electron chi connectivity index (χ3n) is 7.74. The van der Waals surface area contributed by atoms with E-state index in [4.69, 9.17) is 13.9 Å². The lowest BCUT2D eigenvalue weighted by Gasteiger charge is -2.43. The number of cyclic esters (lactones) is 1. The van der Waals surface area contributed by atoms with Gasteiger partial charge in [0.05, 0.1) is 11.5 Å². The van der Waals surface area contributed by atoms with Crippen LogP contribution in [0.1, 0.15) is 47.5 Å². The maximum atomic E-state index is 13.0. The van der Waals surface area contributed by atoms with Gasteiger partial charge in [-0.2, -0.15) is 0 Å². The number of allylic oxidation sites excluding steroid dienone is 1. The molecule has 2 heterocycles. The Balaban J connectivity index is 2.17. The second-order valence-corrected chi connectivity index (χ2v) is 16.1. The predicted octanol–water partition coefficient (Wildman–Crippen LogP) is 4.87. The van der Waals surface area contributed by atoms with Crippen LogP contribution in [0.2, 0.25) is 18.1 Å². The number of carbonyl (C=O) groups is 2. The average Bonchev–Trinajstić information content (AvgIpc) is 3.05. The molecular weight excluding hydrogens is 440 g/mol. The van der Waals surface area contributed by atoms with Crippen molar-refractivity contribution in [3.8, 4) is 0 Å². The molecule has 0 amide bonds. The van der Waals surface area contributed by atoms with Crippen LogP contribution in [0.3, 0.4) is 0 Å². The molecule has 0 radical (unpaired) electrons. The maximum Gasteiger partial charge on any atom is 0.331 e. The molecule has 0 bridgehead atoms. The molecule has 0 aromatic rings. The molecule has 0 N–H and O–H groups in total. The van der Waals surface area contributed by atoms with Gasteiger partial charge in [0.2, 0.25) is 0 Å². The Morgan fingerprint density at radius 1 is 1.36 bits per heavy atom. The molecule has 0 spiro atoms. The molecule has 156 valence electrons.